The predicted molar refractivity (Wildman–Crippen MR) is 97.7 cm³/mol. The van der Waals surface area contributed by atoms with Crippen LogP contribution in [0.25, 0.3) is 0 Å². The molecule has 0 bridgehead atoms. The normalized spacial score (nSPS) is 16.6. The molecule has 2 N–H and O–H groups in total. The molecule has 3 heterocycles. The first kappa shape index (κ1) is 17.4. The number of rotatable bonds is 3. The number of thiazole rings is 1. The van der Waals surface area contributed by atoms with Crippen LogP contribution in [0.4, 0.5) is 9.93 Å². The van der Waals surface area contributed by atoms with Crippen LogP contribution >= 0.6 is 11.3 Å². The number of urea groups is 1. The van der Waals surface area contributed by atoms with E-state index in [4.69, 9.17) is 4.74 Å². The van der Waals surface area contributed by atoms with E-state index in [1.54, 1.807) is 12.4 Å². The van der Waals surface area contributed by atoms with Gasteiger partial charge >= 0.3 is 6.03 Å². The van der Waals surface area contributed by atoms with Crippen molar-refractivity contribution in [2.75, 3.05) is 18.5 Å². The molecule has 6 nitrogen and oxygen atoms in total. The maximum Gasteiger partial charge on any atom is 0.321 e. The van der Waals surface area contributed by atoms with E-state index >= 15 is 0 Å². The van der Waals surface area contributed by atoms with Gasteiger partial charge in [0.1, 0.15) is 4.88 Å². The second-order valence-electron chi connectivity index (χ2n) is 5.74. The molecule has 0 spiro atoms. The van der Waals surface area contributed by atoms with Crippen molar-refractivity contribution in [1.29, 1.82) is 0 Å². The van der Waals surface area contributed by atoms with Gasteiger partial charge in [-0.05, 0) is 44.2 Å². The minimum Gasteiger partial charge on any atom is -0.376 e. The van der Waals surface area contributed by atoms with Crippen LogP contribution in [0.5, 0.6) is 0 Å². The zero-order valence-electron chi connectivity index (χ0n) is 14.0. The van der Waals surface area contributed by atoms with Gasteiger partial charge in [-0.1, -0.05) is 17.3 Å². The molecule has 1 saturated heterocycles. The predicted octanol–water partition coefficient (Wildman–Crippen LogP) is 2.94. The second kappa shape index (κ2) is 8.60. The molecule has 2 amide bonds. The van der Waals surface area contributed by atoms with Gasteiger partial charge in [-0.15, -0.1) is 0 Å². The maximum atomic E-state index is 12.0. The lowest BCUT2D eigenvalue weighted by Gasteiger charge is -2.22. The number of anilines is 1. The van der Waals surface area contributed by atoms with Crippen molar-refractivity contribution < 1.29 is 9.53 Å². The van der Waals surface area contributed by atoms with Crippen molar-refractivity contribution in [1.82, 2.24) is 15.3 Å². The van der Waals surface area contributed by atoms with E-state index in [2.05, 4.69) is 32.4 Å². The molecular formula is C18H20N4O2S. The molecule has 0 radical (unpaired) electrons. The number of aryl methyl sites for hydroxylation is 1. The number of aromatic nitrogens is 2. The van der Waals surface area contributed by atoms with E-state index in [0.717, 1.165) is 42.0 Å². The first-order valence-corrected chi connectivity index (χ1v) is 9.08. The molecule has 1 aliphatic rings. The van der Waals surface area contributed by atoms with Crippen molar-refractivity contribution in [2.24, 2.45) is 0 Å². The highest BCUT2D eigenvalue weighted by Crippen LogP contribution is 2.21. The van der Waals surface area contributed by atoms with Gasteiger partial charge in [0.2, 0.25) is 0 Å². The average molecular weight is 356 g/mol. The van der Waals surface area contributed by atoms with Crippen LogP contribution in [-0.4, -0.2) is 35.3 Å². The summed E-state index contributed by atoms with van der Waals surface area (Å²) in [4.78, 5) is 21.2. The Balaban J connectivity index is 1.55. The fourth-order valence-electron chi connectivity index (χ4n) is 2.45. The van der Waals surface area contributed by atoms with E-state index in [0.29, 0.717) is 11.7 Å². The van der Waals surface area contributed by atoms with Crippen LogP contribution in [0, 0.1) is 18.8 Å². The molecule has 0 saturated carbocycles. The van der Waals surface area contributed by atoms with E-state index in [1.807, 2.05) is 19.1 Å². The third-order valence-electron chi connectivity index (χ3n) is 3.78. The summed E-state index contributed by atoms with van der Waals surface area (Å²) in [5.74, 6) is 6.17. The summed E-state index contributed by atoms with van der Waals surface area (Å²) in [5, 5.41) is 6.14. The maximum absolute atomic E-state index is 12.0. The molecule has 0 aromatic carbocycles. The fourth-order valence-corrected chi connectivity index (χ4v) is 3.26. The molecule has 130 valence electrons. The van der Waals surface area contributed by atoms with Crippen LogP contribution in [0.3, 0.4) is 0 Å². The molecule has 1 fully saturated rings. The van der Waals surface area contributed by atoms with Crippen molar-refractivity contribution in [3.05, 3.63) is 40.7 Å². The zero-order valence-corrected chi connectivity index (χ0v) is 14.9. The summed E-state index contributed by atoms with van der Waals surface area (Å²) in [6, 6.07) is 3.43. The number of ether oxygens (including phenoxy) is 1. The number of carbonyl (C=O) groups excluding carboxylic acids is 1. The Morgan fingerprint density at radius 3 is 2.96 bits per heavy atom. The summed E-state index contributed by atoms with van der Waals surface area (Å²) in [6.07, 6.45) is 6.77. The van der Waals surface area contributed by atoms with Gasteiger partial charge in [0.15, 0.2) is 5.13 Å². The van der Waals surface area contributed by atoms with Crippen molar-refractivity contribution >= 4 is 22.5 Å². The van der Waals surface area contributed by atoms with Crippen LogP contribution < -0.4 is 10.6 Å². The number of hydrogen-bond donors (Lipinski definition) is 2. The molecule has 3 rings (SSSR count). The van der Waals surface area contributed by atoms with Crippen LogP contribution in [0.1, 0.15) is 35.4 Å². The third kappa shape index (κ3) is 5.28. The van der Waals surface area contributed by atoms with Gasteiger partial charge in [0.05, 0.1) is 11.8 Å². The fraction of sp³-hybridized carbons (Fsp3) is 0.389. The Labute approximate surface area is 151 Å². The minimum atomic E-state index is -0.267. The lowest BCUT2D eigenvalue weighted by Crippen LogP contribution is -2.37. The van der Waals surface area contributed by atoms with Crippen LogP contribution in [-0.2, 0) is 4.74 Å². The second-order valence-corrected chi connectivity index (χ2v) is 6.74. The van der Waals surface area contributed by atoms with Crippen LogP contribution in [0.2, 0.25) is 0 Å². The zero-order chi connectivity index (χ0) is 17.5. The molecule has 2 aromatic rings. The summed E-state index contributed by atoms with van der Waals surface area (Å²) in [7, 11) is 0. The molecule has 2 aromatic heterocycles. The van der Waals surface area contributed by atoms with E-state index in [9.17, 15) is 4.79 Å². The molecular weight excluding hydrogens is 336 g/mol. The topological polar surface area (TPSA) is 76.1 Å². The Kier molecular flexibility index (Phi) is 5.99. The Morgan fingerprint density at radius 2 is 2.20 bits per heavy atom. The first-order chi connectivity index (χ1) is 12.2. The van der Waals surface area contributed by atoms with E-state index in [-0.39, 0.29) is 12.1 Å². The van der Waals surface area contributed by atoms with Gasteiger partial charge in [0, 0.05) is 31.1 Å². The molecule has 0 aliphatic carbocycles. The van der Waals surface area contributed by atoms with Crippen molar-refractivity contribution in [2.45, 2.75) is 32.3 Å². The summed E-state index contributed by atoms with van der Waals surface area (Å²) in [6.45, 7) is 3.18. The molecule has 25 heavy (non-hydrogen) atoms. The Morgan fingerprint density at radius 1 is 1.36 bits per heavy atom. The number of nitrogens with zero attached hydrogens (tertiary/aromatic N) is 2. The van der Waals surface area contributed by atoms with E-state index < -0.39 is 0 Å². The highest BCUT2D eigenvalue weighted by atomic mass is 32.1. The number of amides is 2. The monoisotopic (exact) mass is 356 g/mol. The van der Waals surface area contributed by atoms with Crippen LogP contribution in [0.15, 0.2) is 24.5 Å². The largest absolute Gasteiger partial charge is 0.376 e. The third-order valence-corrected chi connectivity index (χ3v) is 4.77. The van der Waals surface area contributed by atoms with Gasteiger partial charge < -0.3 is 10.1 Å². The number of pyridine rings is 1. The van der Waals surface area contributed by atoms with Gasteiger partial charge in [0.25, 0.3) is 0 Å². The van der Waals surface area contributed by atoms with Crippen molar-refractivity contribution in [3.8, 4) is 11.8 Å². The smallest absolute Gasteiger partial charge is 0.321 e. The van der Waals surface area contributed by atoms with Crippen molar-refractivity contribution in [3.63, 3.8) is 0 Å². The Hall–Kier alpha value is -2.43. The van der Waals surface area contributed by atoms with Gasteiger partial charge in [-0.3, -0.25) is 10.3 Å². The molecule has 7 heteroatoms. The Bertz CT molecular complexity index is 773. The number of carbonyl (C=O) groups is 1. The number of nitrogens with one attached hydrogen (secondary N) is 2. The van der Waals surface area contributed by atoms with Gasteiger partial charge in [-0.2, -0.15) is 0 Å². The molecule has 1 aliphatic heterocycles. The average Bonchev–Trinajstić information content (AvgIpc) is 2.99. The minimum absolute atomic E-state index is 0.110. The lowest BCUT2D eigenvalue weighted by atomic mass is 10.1. The standard InChI is InChI=1S/C18H20N4O2S/c1-13-16(6-5-14-7-9-19-10-8-14)25-18(21-13)22-17(23)20-12-15-4-2-3-11-24-15/h7-10,15H,2-4,11-12H2,1H3,(H2,20,21,22,23). The quantitative estimate of drug-likeness (QED) is 0.829. The first-order valence-electron chi connectivity index (χ1n) is 8.26. The summed E-state index contributed by atoms with van der Waals surface area (Å²) in [5.41, 5.74) is 1.69. The van der Waals surface area contributed by atoms with Gasteiger partial charge in [-0.25, -0.2) is 9.78 Å². The number of hydrogen-bond acceptors (Lipinski definition) is 5. The molecule has 1 unspecified atom stereocenters. The van der Waals surface area contributed by atoms with E-state index in [1.165, 1.54) is 11.3 Å². The SMILES string of the molecule is Cc1nc(NC(=O)NCC2CCCCO2)sc1C#Cc1ccncc1. The summed E-state index contributed by atoms with van der Waals surface area (Å²) >= 11 is 1.36. The molecule has 1 atom stereocenters. The highest BCUT2D eigenvalue weighted by Gasteiger charge is 2.15. The highest BCUT2D eigenvalue weighted by molar-refractivity contribution is 7.16. The summed E-state index contributed by atoms with van der Waals surface area (Å²) < 4.78 is 5.60. The lowest BCUT2D eigenvalue weighted by molar-refractivity contribution is 0.0187.